The molecule has 1 unspecified atom stereocenters. The third kappa shape index (κ3) is 8.55. The lowest BCUT2D eigenvalue weighted by molar-refractivity contribution is -0.192. The van der Waals surface area contributed by atoms with E-state index in [1.807, 2.05) is 49.1 Å². The van der Waals surface area contributed by atoms with Gasteiger partial charge in [0.2, 0.25) is 0 Å². The van der Waals surface area contributed by atoms with Gasteiger partial charge in [0.15, 0.2) is 0 Å². The fraction of sp³-hybridized carbons (Fsp3) is 0.500. The molecule has 0 aromatic heterocycles. The lowest BCUT2D eigenvalue weighted by atomic mass is 9.94. The number of carbonyl (C=O) groups excluding carboxylic acids is 2. The Morgan fingerprint density at radius 3 is 1.95 bits per heavy atom. The van der Waals surface area contributed by atoms with E-state index in [2.05, 4.69) is 17.1 Å². The summed E-state index contributed by atoms with van der Waals surface area (Å²) < 4.78 is 31.7. The van der Waals surface area contributed by atoms with Crippen molar-refractivity contribution in [1.82, 2.24) is 15.1 Å². The molecule has 2 N–H and O–H groups in total. The van der Waals surface area contributed by atoms with Gasteiger partial charge in [0.25, 0.3) is 11.8 Å². The highest BCUT2D eigenvalue weighted by Gasteiger charge is 2.38. The summed E-state index contributed by atoms with van der Waals surface area (Å²) in [6.45, 7) is 10.3. The van der Waals surface area contributed by atoms with Crippen molar-refractivity contribution in [3.63, 3.8) is 0 Å². The van der Waals surface area contributed by atoms with Crippen LogP contribution in [-0.2, 0) is 10.3 Å². The van der Waals surface area contributed by atoms with Gasteiger partial charge in [-0.2, -0.15) is 13.2 Å². The minimum Gasteiger partial charge on any atom is -0.475 e. The Hall–Kier alpha value is -3.40. The minimum atomic E-state index is -5.08. The van der Waals surface area contributed by atoms with E-state index in [0.29, 0.717) is 17.2 Å². The molecule has 2 aliphatic heterocycles. The lowest BCUT2D eigenvalue weighted by Crippen LogP contribution is -2.49. The van der Waals surface area contributed by atoms with Crippen LogP contribution < -0.4 is 5.32 Å². The van der Waals surface area contributed by atoms with Crippen LogP contribution in [0.3, 0.4) is 0 Å². The van der Waals surface area contributed by atoms with Gasteiger partial charge in [-0.25, -0.2) is 4.79 Å². The number of nitrogens with one attached hydrogen (secondary N) is 1. The summed E-state index contributed by atoms with van der Waals surface area (Å²) in [4.78, 5) is 39.4. The van der Waals surface area contributed by atoms with Crippen LogP contribution in [0.1, 0.15) is 72.7 Å². The first-order chi connectivity index (χ1) is 18.8. The largest absolute Gasteiger partial charge is 0.490 e. The number of hydrogen-bond donors (Lipinski definition) is 2. The highest BCUT2D eigenvalue weighted by Crippen LogP contribution is 2.25. The standard InChI is InChI=1S/C28H37N3O2.C2HF3O2/c1-21-8-7-17-31(20-21)25-15-18-30(19-16-25)27(33)23-13-11-22(12-14-23)26(32)29-28(2,3)24-9-5-4-6-10-24;3-2(4,5)1(6)7/h4-6,9-14,21,25H,7-8,15-20H2,1-3H3,(H,29,32);(H,6,7). The summed E-state index contributed by atoms with van der Waals surface area (Å²) in [6.07, 6.45) is -0.352. The molecule has 2 aromatic rings. The normalized spacial score (nSPS) is 18.9. The second-order valence-electron chi connectivity index (χ2n) is 11.1. The van der Waals surface area contributed by atoms with Crippen molar-refractivity contribution in [2.24, 2.45) is 5.92 Å². The summed E-state index contributed by atoms with van der Waals surface area (Å²) in [6, 6.07) is 17.6. The molecule has 2 aliphatic rings. The Balaban J connectivity index is 0.000000559. The zero-order valence-electron chi connectivity index (χ0n) is 23.2. The van der Waals surface area contributed by atoms with E-state index in [1.54, 1.807) is 24.3 Å². The van der Waals surface area contributed by atoms with Gasteiger partial charge in [-0.15, -0.1) is 0 Å². The maximum Gasteiger partial charge on any atom is 0.490 e. The molecule has 2 aromatic carbocycles. The molecule has 7 nitrogen and oxygen atoms in total. The van der Waals surface area contributed by atoms with Gasteiger partial charge in [0.05, 0.1) is 5.54 Å². The first-order valence-electron chi connectivity index (χ1n) is 13.6. The molecule has 1 atom stereocenters. The van der Waals surface area contributed by atoms with Crippen LogP contribution in [0.5, 0.6) is 0 Å². The highest BCUT2D eigenvalue weighted by molar-refractivity contribution is 5.98. The van der Waals surface area contributed by atoms with Gasteiger partial charge in [0, 0.05) is 36.8 Å². The Morgan fingerprint density at radius 1 is 0.875 bits per heavy atom. The Bertz CT molecular complexity index is 1150. The number of carboxylic acid groups (broad SMARTS) is 1. The molecule has 10 heteroatoms. The smallest absolute Gasteiger partial charge is 0.475 e. The second kappa shape index (κ2) is 13.3. The van der Waals surface area contributed by atoms with Crippen LogP contribution in [-0.4, -0.2) is 71.1 Å². The van der Waals surface area contributed by atoms with Crippen molar-refractivity contribution in [2.45, 2.75) is 64.2 Å². The predicted octanol–water partition coefficient (Wildman–Crippen LogP) is 5.32. The number of carbonyl (C=O) groups is 3. The molecule has 0 aliphatic carbocycles. The highest BCUT2D eigenvalue weighted by atomic mass is 19.4. The number of benzene rings is 2. The van der Waals surface area contributed by atoms with Crippen LogP contribution in [0.15, 0.2) is 54.6 Å². The summed E-state index contributed by atoms with van der Waals surface area (Å²) in [7, 11) is 0. The molecule has 2 heterocycles. The SMILES string of the molecule is CC1CCCN(C2CCN(C(=O)c3ccc(C(=O)NC(C)(C)c4ccccc4)cc3)CC2)C1.O=C(O)C(F)(F)F. The number of alkyl halides is 3. The fourth-order valence-electron chi connectivity index (χ4n) is 5.22. The summed E-state index contributed by atoms with van der Waals surface area (Å²) in [5, 5.41) is 10.2. The fourth-order valence-corrected chi connectivity index (χ4v) is 5.22. The molecule has 0 radical (unpaired) electrons. The van der Waals surface area contributed by atoms with Gasteiger partial charge >= 0.3 is 12.1 Å². The van der Waals surface area contributed by atoms with Gasteiger partial charge in [0.1, 0.15) is 0 Å². The number of aliphatic carboxylic acids is 1. The number of likely N-dealkylation sites (tertiary alicyclic amines) is 2. The van der Waals surface area contributed by atoms with Crippen molar-refractivity contribution in [3.8, 4) is 0 Å². The predicted molar refractivity (Wildman–Crippen MR) is 146 cm³/mol. The molecular weight excluding hydrogens is 523 g/mol. The van der Waals surface area contributed by atoms with Crippen molar-refractivity contribution in [3.05, 3.63) is 71.3 Å². The molecule has 2 fully saturated rings. The quantitative estimate of drug-likeness (QED) is 0.516. The number of hydrogen-bond acceptors (Lipinski definition) is 4. The van der Waals surface area contributed by atoms with Crippen molar-refractivity contribution in [2.75, 3.05) is 26.2 Å². The molecule has 4 rings (SSSR count). The van der Waals surface area contributed by atoms with Gasteiger partial charge in [-0.3, -0.25) is 14.5 Å². The van der Waals surface area contributed by atoms with E-state index in [4.69, 9.17) is 9.90 Å². The molecule has 0 spiro atoms. The third-order valence-electron chi connectivity index (χ3n) is 7.51. The Morgan fingerprint density at radius 2 is 1.43 bits per heavy atom. The van der Waals surface area contributed by atoms with Crippen molar-refractivity contribution in [1.29, 1.82) is 0 Å². The lowest BCUT2D eigenvalue weighted by Gasteiger charge is -2.41. The van der Waals surface area contributed by atoms with Crippen LogP contribution >= 0.6 is 0 Å². The number of nitrogens with zero attached hydrogens (tertiary/aromatic N) is 2. The van der Waals surface area contributed by atoms with E-state index < -0.39 is 17.7 Å². The third-order valence-corrected chi connectivity index (χ3v) is 7.51. The molecular formula is C30H38F3N3O4. The van der Waals surface area contributed by atoms with Crippen molar-refractivity contribution < 1.29 is 32.7 Å². The maximum atomic E-state index is 13.0. The van der Waals surface area contributed by atoms with Crippen LogP contribution in [0, 0.1) is 5.92 Å². The molecule has 218 valence electrons. The molecule has 0 bridgehead atoms. The monoisotopic (exact) mass is 561 g/mol. The van der Waals surface area contributed by atoms with E-state index in [1.165, 1.54) is 25.9 Å². The molecule has 0 saturated carbocycles. The van der Waals surface area contributed by atoms with Crippen LogP contribution in [0.4, 0.5) is 13.2 Å². The zero-order valence-corrected chi connectivity index (χ0v) is 23.2. The average molecular weight is 562 g/mol. The van der Waals surface area contributed by atoms with Crippen LogP contribution in [0.25, 0.3) is 0 Å². The Kier molecular flexibility index (Phi) is 10.4. The van der Waals surface area contributed by atoms with Gasteiger partial charge in [-0.1, -0.05) is 37.3 Å². The van der Waals surface area contributed by atoms with Crippen LogP contribution in [0.2, 0.25) is 0 Å². The number of carboxylic acids is 1. The Labute approximate surface area is 233 Å². The second-order valence-corrected chi connectivity index (χ2v) is 11.1. The summed E-state index contributed by atoms with van der Waals surface area (Å²) in [5.74, 6) is -2.05. The van der Waals surface area contributed by atoms with Gasteiger partial charge in [-0.05, 0) is 81.8 Å². The number of piperidine rings is 2. The summed E-state index contributed by atoms with van der Waals surface area (Å²) >= 11 is 0. The van der Waals surface area contributed by atoms with E-state index in [-0.39, 0.29) is 11.8 Å². The number of amides is 2. The number of rotatable bonds is 5. The zero-order chi connectivity index (χ0) is 29.5. The van der Waals surface area contributed by atoms with Crippen molar-refractivity contribution >= 4 is 17.8 Å². The van der Waals surface area contributed by atoms with E-state index in [0.717, 1.165) is 37.4 Å². The maximum absolute atomic E-state index is 13.0. The molecule has 40 heavy (non-hydrogen) atoms. The van der Waals surface area contributed by atoms with Gasteiger partial charge < -0.3 is 15.3 Å². The first kappa shape index (κ1) is 31.1. The topological polar surface area (TPSA) is 90.0 Å². The first-order valence-corrected chi connectivity index (χ1v) is 13.6. The number of halogens is 3. The average Bonchev–Trinajstić information content (AvgIpc) is 2.93. The summed E-state index contributed by atoms with van der Waals surface area (Å²) in [5.41, 5.74) is 1.78. The van der Waals surface area contributed by atoms with E-state index in [9.17, 15) is 22.8 Å². The van der Waals surface area contributed by atoms with E-state index >= 15 is 0 Å². The molecule has 2 saturated heterocycles. The minimum absolute atomic E-state index is 0.0667. The molecule has 2 amide bonds.